The number of fused-ring (bicyclic) bond motifs is 1. The molecule has 3 atom stereocenters. The number of ketones is 1. The van der Waals surface area contributed by atoms with Crippen molar-refractivity contribution in [3.8, 4) is 23.6 Å². The van der Waals surface area contributed by atoms with Gasteiger partial charge in [0.15, 0.2) is 5.78 Å². The van der Waals surface area contributed by atoms with Crippen molar-refractivity contribution in [2.45, 2.75) is 59.7 Å². The number of carbonyl (C=O) groups excluding carboxylic acids is 3. The predicted octanol–water partition coefficient (Wildman–Crippen LogP) is 4.05. The Labute approximate surface area is 251 Å². The van der Waals surface area contributed by atoms with Gasteiger partial charge < -0.3 is 10.2 Å². The highest BCUT2D eigenvalue weighted by Gasteiger charge is 2.44. The van der Waals surface area contributed by atoms with E-state index in [-0.39, 0.29) is 29.8 Å². The van der Waals surface area contributed by atoms with Crippen LogP contribution in [0, 0.1) is 39.0 Å². The standard InChI is InChI=1S/C30H29BrN8O3/c1-7-23-16(3)10-24(30(42)36-29-15(2)8-9-25(31)35-29)39(23)26(41)14-38-28-17(4)34-22(20-12-32-19(6)33-13-20)11-21(28)27(37-38)18(5)40/h1,8-9,11-13,16,23-24H,10,14H2,2-6H3,(H,35,36,42)/t16-,23+,24-/m0/s1. The molecule has 5 rings (SSSR count). The number of halogens is 1. The first-order valence-electron chi connectivity index (χ1n) is 13.4. The molecule has 42 heavy (non-hydrogen) atoms. The summed E-state index contributed by atoms with van der Waals surface area (Å²) in [5.74, 6) is 2.59. The first-order chi connectivity index (χ1) is 20.0. The number of amides is 2. The quantitative estimate of drug-likeness (QED) is 0.192. The van der Waals surface area contributed by atoms with Gasteiger partial charge in [0, 0.05) is 30.3 Å². The van der Waals surface area contributed by atoms with Crippen molar-refractivity contribution in [1.29, 1.82) is 0 Å². The molecule has 4 aromatic rings. The molecule has 0 aromatic carbocycles. The van der Waals surface area contributed by atoms with Crippen LogP contribution in [0.5, 0.6) is 0 Å². The van der Waals surface area contributed by atoms with Gasteiger partial charge in [0.25, 0.3) is 0 Å². The molecular weight excluding hydrogens is 600 g/mol. The van der Waals surface area contributed by atoms with Gasteiger partial charge in [-0.25, -0.2) is 15.0 Å². The predicted molar refractivity (Wildman–Crippen MR) is 160 cm³/mol. The number of likely N-dealkylation sites (tertiary alicyclic amines) is 1. The van der Waals surface area contributed by atoms with Crippen LogP contribution in [0.25, 0.3) is 22.2 Å². The number of carbonyl (C=O) groups is 3. The smallest absolute Gasteiger partial charge is 0.248 e. The lowest BCUT2D eigenvalue weighted by Gasteiger charge is -2.28. The van der Waals surface area contributed by atoms with Gasteiger partial charge in [-0.15, -0.1) is 6.42 Å². The maximum Gasteiger partial charge on any atom is 0.248 e. The number of anilines is 1. The molecule has 214 valence electrons. The minimum absolute atomic E-state index is 0.115. The van der Waals surface area contributed by atoms with E-state index in [0.29, 0.717) is 50.5 Å². The first kappa shape index (κ1) is 29.0. The molecule has 2 amide bonds. The second-order valence-electron chi connectivity index (χ2n) is 10.5. The Morgan fingerprint density at radius 1 is 1.14 bits per heavy atom. The SMILES string of the molecule is C#C[C@@H]1[C@@H](C)C[C@@H](C(=O)Nc2nc(Br)ccc2C)N1C(=O)Cn1nc(C(C)=O)c2cc(-c3cnc(C)nc3)nc(C)c21. The number of hydrogen-bond acceptors (Lipinski definition) is 8. The number of nitrogens with zero attached hydrogens (tertiary/aromatic N) is 7. The Balaban J connectivity index is 1.50. The van der Waals surface area contributed by atoms with Gasteiger partial charge >= 0.3 is 0 Å². The lowest BCUT2D eigenvalue weighted by atomic mass is 10.0. The van der Waals surface area contributed by atoms with Crippen molar-refractivity contribution in [3.05, 3.63) is 58.0 Å². The van der Waals surface area contributed by atoms with E-state index in [4.69, 9.17) is 11.4 Å². The average molecular weight is 630 g/mol. The zero-order valence-electron chi connectivity index (χ0n) is 23.8. The van der Waals surface area contributed by atoms with Gasteiger partial charge in [-0.2, -0.15) is 5.10 Å². The van der Waals surface area contributed by atoms with Gasteiger partial charge in [-0.3, -0.25) is 24.0 Å². The monoisotopic (exact) mass is 628 g/mol. The molecule has 1 fully saturated rings. The first-order valence-corrected chi connectivity index (χ1v) is 14.2. The van der Waals surface area contributed by atoms with Crippen molar-refractivity contribution >= 4 is 50.2 Å². The molecule has 1 aliphatic heterocycles. The van der Waals surface area contributed by atoms with Crippen molar-refractivity contribution in [1.82, 2.24) is 34.6 Å². The topological polar surface area (TPSA) is 136 Å². The fraction of sp³-hybridized carbons (Fsp3) is 0.333. The third-order valence-corrected chi connectivity index (χ3v) is 7.87. The molecule has 0 unspecified atom stereocenters. The molecule has 4 aromatic heterocycles. The summed E-state index contributed by atoms with van der Waals surface area (Å²) < 4.78 is 2.05. The lowest BCUT2D eigenvalue weighted by molar-refractivity contribution is -0.138. The molecule has 0 saturated carbocycles. The Bertz CT molecular complexity index is 1780. The lowest BCUT2D eigenvalue weighted by Crippen LogP contribution is -2.48. The van der Waals surface area contributed by atoms with E-state index < -0.39 is 18.0 Å². The van der Waals surface area contributed by atoms with Crippen molar-refractivity contribution in [3.63, 3.8) is 0 Å². The summed E-state index contributed by atoms with van der Waals surface area (Å²) in [5, 5.41) is 7.94. The number of pyridine rings is 2. The second-order valence-corrected chi connectivity index (χ2v) is 11.3. The average Bonchev–Trinajstić information content (AvgIpc) is 3.48. The Kier molecular flexibility index (Phi) is 7.88. The fourth-order valence-electron chi connectivity index (χ4n) is 5.35. The summed E-state index contributed by atoms with van der Waals surface area (Å²) in [5.41, 5.74) is 3.39. The van der Waals surface area contributed by atoms with Gasteiger partial charge in [-0.1, -0.05) is 18.9 Å². The van der Waals surface area contributed by atoms with Crippen LogP contribution >= 0.6 is 15.9 Å². The third kappa shape index (κ3) is 5.39. The second kappa shape index (κ2) is 11.4. The number of rotatable bonds is 6. The van der Waals surface area contributed by atoms with Crippen LogP contribution in [-0.2, 0) is 16.1 Å². The number of aryl methyl sites for hydroxylation is 3. The molecule has 11 nitrogen and oxygen atoms in total. The minimum atomic E-state index is -0.810. The Morgan fingerprint density at radius 3 is 2.52 bits per heavy atom. The van der Waals surface area contributed by atoms with Crippen molar-refractivity contribution in [2.24, 2.45) is 5.92 Å². The van der Waals surface area contributed by atoms with Crippen LogP contribution in [0.4, 0.5) is 5.82 Å². The summed E-state index contributed by atoms with van der Waals surface area (Å²) in [6, 6.07) is 3.97. The number of terminal acetylenes is 1. The van der Waals surface area contributed by atoms with Crippen molar-refractivity contribution in [2.75, 3.05) is 5.32 Å². The van der Waals surface area contributed by atoms with Crippen LogP contribution in [-0.4, -0.2) is 64.3 Å². The van der Waals surface area contributed by atoms with Crippen LogP contribution < -0.4 is 5.32 Å². The molecule has 0 radical (unpaired) electrons. The number of hydrogen-bond donors (Lipinski definition) is 1. The summed E-state index contributed by atoms with van der Waals surface area (Å²) in [6.45, 7) is 8.53. The molecule has 5 heterocycles. The minimum Gasteiger partial charge on any atom is -0.315 e. The van der Waals surface area contributed by atoms with E-state index in [9.17, 15) is 14.4 Å². The molecule has 0 spiro atoms. The van der Waals surface area contributed by atoms with Crippen molar-refractivity contribution < 1.29 is 14.4 Å². The highest BCUT2D eigenvalue weighted by molar-refractivity contribution is 9.10. The number of aromatic nitrogens is 6. The van der Waals surface area contributed by atoms with E-state index >= 15 is 0 Å². The zero-order valence-corrected chi connectivity index (χ0v) is 25.4. The highest BCUT2D eigenvalue weighted by Crippen LogP contribution is 2.32. The van der Waals surface area contributed by atoms with Crippen LogP contribution in [0.15, 0.2) is 35.2 Å². The fourth-order valence-corrected chi connectivity index (χ4v) is 5.66. The molecule has 1 N–H and O–H groups in total. The van der Waals surface area contributed by atoms with Gasteiger partial charge in [0.2, 0.25) is 11.8 Å². The maximum absolute atomic E-state index is 13.9. The Hall–Kier alpha value is -4.50. The van der Waals surface area contributed by atoms with Gasteiger partial charge in [0.1, 0.15) is 34.5 Å². The van der Waals surface area contributed by atoms with E-state index in [2.05, 4.69) is 47.2 Å². The molecule has 12 heteroatoms. The largest absolute Gasteiger partial charge is 0.315 e. The molecular formula is C30H29BrN8O3. The van der Waals surface area contributed by atoms with E-state index in [1.807, 2.05) is 19.9 Å². The summed E-state index contributed by atoms with van der Waals surface area (Å²) >= 11 is 3.33. The summed E-state index contributed by atoms with van der Waals surface area (Å²) in [6.07, 6.45) is 9.59. The van der Waals surface area contributed by atoms with Crippen LogP contribution in [0.1, 0.15) is 47.8 Å². The third-order valence-electron chi connectivity index (χ3n) is 7.43. The summed E-state index contributed by atoms with van der Waals surface area (Å²) in [4.78, 5) is 59.0. The number of Topliss-reactive ketones (excluding diaryl/α,β-unsaturated/α-hetero) is 1. The zero-order chi connectivity index (χ0) is 30.3. The molecule has 1 saturated heterocycles. The molecule has 0 bridgehead atoms. The van der Waals surface area contributed by atoms with Crippen LogP contribution in [0.2, 0.25) is 0 Å². The van der Waals surface area contributed by atoms with Gasteiger partial charge in [0.05, 0.1) is 22.9 Å². The maximum atomic E-state index is 13.9. The van der Waals surface area contributed by atoms with Crippen LogP contribution in [0.3, 0.4) is 0 Å². The van der Waals surface area contributed by atoms with E-state index in [1.165, 1.54) is 16.5 Å². The highest BCUT2D eigenvalue weighted by atomic mass is 79.9. The van der Waals surface area contributed by atoms with E-state index in [1.54, 1.807) is 38.4 Å². The molecule has 1 aliphatic rings. The number of nitrogens with one attached hydrogen (secondary N) is 1. The summed E-state index contributed by atoms with van der Waals surface area (Å²) in [7, 11) is 0. The normalized spacial score (nSPS) is 18.2. The van der Waals surface area contributed by atoms with Gasteiger partial charge in [-0.05, 0) is 66.7 Å². The van der Waals surface area contributed by atoms with E-state index in [0.717, 1.165) is 5.56 Å². The Morgan fingerprint density at radius 2 is 1.86 bits per heavy atom. The molecule has 0 aliphatic carbocycles.